The second-order valence-electron chi connectivity index (χ2n) is 9.40. The van der Waals surface area contributed by atoms with Crippen molar-refractivity contribution in [3.8, 4) is 6.01 Å². The van der Waals surface area contributed by atoms with E-state index in [9.17, 15) is 23.1 Å². The van der Waals surface area contributed by atoms with Crippen LogP contribution in [0.5, 0.6) is 6.01 Å². The number of aliphatic hydroxyl groups is 1. The largest absolute Gasteiger partial charge is 0.462 e. The summed E-state index contributed by atoms with van der Waals surface area (Å²) in [5, 5.41) is 9.42. The molecule has 4 rings (SSSR count). The summed E-state index contributed by atoms with van der Waals surface area (Å²) in [6.07, 6.45) is -1.95. The summed E-state index contributed by atoms with van der Waals surface area (Å²) in [6.45, 7) is 17.3. The third-order valence-electron chi connectivity index (χ3n) is 6.30. The number of nitrogens with two attached hydrogens (primary N) is 2. The zero-order chi connectivity index (χ0) is 32.7. The number of benzene rings is 1. The zero-order valence-corrected chi connectivity index (χ0v) is 25.8. The molecule has 0 aliphatic carbocycles. The highest BCUT2D eigenvalue weighted by molar-refractivity contribution is 6.31. The van der Waals surface area contributed by atoms with Crippen molar-refractivity contribution in [1.82, 2.24) is 14.9 Å². The van der Waals surface area contributed by atoms with Crippen LogP contribution in [0.2, 0.25) is 5.02 Å². The van der Waals surface area contributed by atoms with Gasteiger partial charge in [-0.2, -0.15) is 23.1 Å². The number of alkyl halides is 3. The first-order chi connectivity index (χ1) is 20.3. The molecule has 14 heteroatoms. The summed E-state index contributed by atoms with van der Waals surface area (Å²) in [6, 6.07) is 4.23. The number of rotatable bonds is 6. The average Bonchev–Trinajstić information content (AvgIpc) is 3.29. The number of nitrogen functional groups attached to an aromatic ring is 1. The first kappa shape index (κ1) is 37.4. The van der Waals surface area contributed by atoms with Gasteiger partial charge in [0.05, 0.1) is 34.6 Å². The quantitative estimate of drug-likeness (QED) is 0.309. The Morgan fingerprint density at radius 2 is 2.00 bits per heavy atom. The number of aromatic nitrogens is 2. The third kappa shape index (κ3) is 11.5. The Morgan fingerprint density at radius 1 is 1.35 bits per heavy atom. The summed E-state index contributed by atoms with van der Waals surface area (Å²) in [5.41, 5.74) is 11.0. The smallest absolute Gasteiger partial charge is 0.419 e. The van der Waals surface area contributed by atoms with Crippen LogP contribution in [0.3, 0.4) is 0 Å². The topological polar surface area (TPSA) is 135 Å². The van der Waals surface area contributed by atoms with E-state index in [2.05, 4.69) is 27.1 Å². The molecule has 10 nitrogen and oxygen atoms in total. The van der Waals surface area contributed by atoms with Gasteiger partial charge >= 0.3 is 12.2 Å². The molecule has 2 aliphatic rings. The maximum Gasteiger partial charge on any atom is 0.419 e. The molecule has 2 atom stereocenters. The lowest BCUT2D eigenvalue weighted by molar-refractivity contribution is -0.137. The molecule has 2 aliphatic heterocycles. The molecule has 1 saturated heterocycles. The number of fused-ring (bicyclic) bond motifs is 1. The minimum absolute atomic E-state index is 0.00636. The number of halogens is 4. The predicted octanol–water partition coefficient (Wildman–Crippen LogP) is 4.74. The fraction of sp³-hybridized carbons (Fsp3) is 0.517. The Labute approximate surface area is 256 Å². The highest BCUT2D eigenvalue weighted by Crippen LogP contribution is 2.42. The SMILES string of the molecule is C=CC(N)=O.CC.CN1C[C@H](O)C[C@H]1COc1nc(N)c2c(n1)CN(c1cccc(Cl)c1C(F)(F)F)CC2.[C-]#[N+]CCC. The van der Waals surface area contributed by atoms with Gasteiger partial charge in [0.15, 0.2) is 0 Å². The minimum atomic E-state index is -4.58. The van der Waals surface area contributed by atoms with E-state index >= 15 is 0 Å². The first-order valence-electron chi connectivity index (χ1n) is 13.8. The molecule has 3 heterocycles. The number of amides is 1. The lowest BCUT2D eigenvalue weighted by Gasteiger charge is -2.32. The Kier molecular flexibility index (Phi) is 15.8. The van der Waals surface area contributed by atoms with E-state index in [1.807, 2.05) is 32.7 Å². The minimum Gasteiger partial charge on any atom is -0.462 e. The van der Waals surface area contributed by atoms with Crippen LogP contribution in [0.4, 0.5) is 24.7 Å². The molecule has 0 unspecified atom stereocenters. The summed E-state index contributed by atoms with van der Waals surface area (Å²) in [4.78, 5) is 24.8. The number of nitrogens with zero attached hydrogens (tertiary/aromatic N) is 5. The lowest BCUT2D eigenvalue weighted by atomic mass is 10.0. The number of anilines is 2. The number of carbonyl (C=O) groups excluding carboxylic acids is 1. The summed E-state index contributed by atoms with van der Waals surface area (Å²) in [5.74, 6) is -0.216. The van der Waals surface area contributed by atoms with Gasteiger partial charge in [0.2, 0.25) is 12.5 Å². The predicted molar refractivity (Wildman–Crippen MR) is 163 cm³/mol. The molecule has 0 bridgehead atoms. The summed E-state index contributed by atoms with van der Waals surface area (Å²) < 4.78 is 46.5. The van der Waals surface area contributed by atoms with Crippen molar-refractivity contribution < 1.29 is 27.8 Å². The van der Waals surface area contributed by atoms with Gasteiger partial charge in [-0.15, -0.1) is 0 Å². The Morgan fingerprint density at radius 3 is 2.49 bits per heavy atom. The average molecular weight is 628 g/mol. The van der Waals surface area contributed by atoms with E-state index in [4.69, 9.17) is 28.6 Å². The van der Waals surface area contributed by atoms with Crippen molar-refractivity contribution in [1.29, 1.82) is 0 Å². The third-order valence-corrected chi connectivity index (χ3v) is 6.61. The second-order valence-corrected chi connectivity index (χ2v) is 9.81. The number of likely N-dealkylation sites (N-methyl/N-ethyl adjacent to an activating group) is 1. The van der Waals surface area contributed by atoms with E-state index in [1.165, 1.54) is 18.2 Å². The van der Waals surface area contributed by atoms with Gasteiger partial charge in [0, 0.05) is 31.1 Å². The van der Waals surface area contributed by atoms with Crippen LogP contribution in [0, 0.1) is 6.57 Å². The highest BCUT2D eigenvalue weighted by Gasteiger charge is 2.38. The summed E-state index contributed by atoms with van der Waals surface area (Å²) >= 11 is 5.88. The number of ether oxygens (including phenoxy) is 1. The van der Waals surface area contributed by atoms with E-state index in [1.54, 1.807) is 4.90 Å². The van der Waals surface area contributed by atoms with Crippen molar-refractivity contribution in [3.05, 3.63) is 64.1 Å². The molecule has 5 N–H and O–H groups in total. The van der Waals surface area contributed by atoms with Crippen LogP contribution >= 0.6 is 11.6 Å². The van der Waals surface area contributed by atoms with Gasteiger partial charge in [-0.1, -0.05) is 45.0 Å². The second kappa shape index (κ2) is 18.1. The van der Waals surface area contributed by atoms with E-state index < -0.39 is 23.8 Å². The van der Waals surface area contributed by atoms with Crippen LogP contribution in [-0.4, -0.2) is 71.3 Å². The van der Waals surface area contributed by atoms with Gasteiger partial charge in [0.1, 0.15) is 12.4 Å². The van der Waals surface area contributed by atoms with Crippen LogP contribution in [-0.2, 0) is 23.9 Å². The first-order valence-corrected chi connectivity index (χ1v) is 14.2. The van der Waals surface area contributed by atoms with Gasteiger partial charge in [0.25, 0.3) is 0 Å². The fourth-order valence-corrected chi connectivity index (χ4v) is 4.57. The molecule has 0 radical (unpaired) electrons. The van der Waals surface area contributed by atoms with Crippen LogP contribution in [0.25, 0.3) is 4.85 Å². The highest BCUT2D eigenvalue weighted by atomic mass is 35.5. The Hall–Kier alpha value is -3.60. The molecular weight excluding hydrogens is 587 g/mol. The maximum absolute atomic E-state index is 13.6. The van der Waals surface area contributed by atoms with Crippen molar-refractivity contribution >= 4 is 29.0 Å². The Bertz CT molecular complexity index is 1240. The molecule has 2 aromatic rings. The van der Waals surface area contributed by atoms with Gasteiger partial charge in [-0.3, -0.25) is 9.69 Å². The van der Waals surface area contributed by atoms with Crippen molar-refractivity contribution in [2.75, 3.05) is 43.9 Å². The molecule has 1 amide bonds. The maximum atomic E-state index is 13.6. The van der Waals surface area contributed by atoms with E-state index in [-0.39, 0.29) is 41.7 Å². The normalized spacial score (nSPS) is 17.4. The van der Waals surface area contributed by atoms with Gasteiger partial charge in [-0.05, 0) is 38.1 Å². The van der Waals surface area contributed by atoms with E-state index in [0.717, 1.165) is 12.5 Å². The standard InChI is InChI=1S/C20H23ClF3N5O2.C4H7N.C3H5NO.C2H6/c1-28-8-12(30)7-11(28)10-31-19-26-15-9-29(6-5-13(15)18(25)27-19)16-4-2-3-14(21)17(16)20(22,23)24;1-3-4-5-2;1-2-3(4)5;1-2/h2-4,11-12,30H,5-10H2,1H3,(H2,25,26,27);3-4H2,1H3;2H,1H2,(H2,4,5);1-2H3/t11-,12+;;;/m0.../s1. The molecule has 1 aromatic carbocycles. The number of aliphatic hydroxyl groups excluding tert-OH is 1. The number of β-amino-alcohol motifs (C(OH)–C–C–N with tert-alkyl or cyclic N) is 1. The monoisotopic (exact) mass is 627 g/mol. The van der Waals surface area contributed by atoms with Gasteiger partial charge < -0.3 is 31.1 Å². The molecule has 43 heavy (non-hydrogen) atoms. The van der Waals surface area contributed by atoms with Crippen molar-refractivity contribution in [3.63, 3.8) is 0 Å². The Balaban J connectivity index is 0.000000660. The number of likely N-dealkylation sites (tertiary alicyclic amines) is 1. The number of hydrogen-bond donors (Lipinski definition) is 3. The van der Waals surface area contributed by atoms with Crippen LogP contribution in [0.1, 0.15) is 50.4 Å². The molecule has 1 fully saturated rings. The summed E-state index contributed by atoms with van der Waals surface area (Å²) in [7, 11) is 1.90. The van der Waals surface area contributed by atoms with Crippen LogP contribution < -0.4 is 21.1 Å². The molecular formula is C29H41ClF3N7O3. The lowest BCUT2D eigenvalue weighted by Crippen LogP contribution is -2.34. The van der Waals surface area contributed by atoms with Gasteiger partial charge in [-0.25, -0.2) is 6.57 Å². The number of primary amides is 1. The number of carbonyl (C=O) groups is 1. The zero-order valence-electron chi connectivity index (χ0n) is 25.0. The molecule has 0 saturated carbocycles. The van der Waals surface area contributed by atoms with Crippen LogP contribution in [0.15, 0.2) is 30.9 Å². The molecule has 238 valence electrons. The number of hydrogen-bond acceptors (Lipinski definition) is 8. The van der Waals surface area contributed by atoms with Crippen molar-refractivity contribution in [2.45, 2.75) is 64.9 Å². The fourth-order valence-electron chi connectivity index (χ4n) is 4.29. The molecule has 0 spiro atoms. The molecule has 1 aromatic heterocycles. The van der Waals surface area contributed by atoms with E-state index in [0.29, 0.717) is 43.7 Å². The van der Waals surface area contributed by atoms with Crippen molar-refractivity contribution in [2.24, 2.45) is 5.73 Å².